The third kappa shape index (κ3) is 8.13. The second-order valence-electron chi connectivity index (χ2n) is 12.5. The maximum atomic E-state index is 16.3. The summed E-state index contributed by atoms with van der Waals surface area (Å²) >= 11 is 0. The summed E-state index contributed by atoms with van der Waals surface area (Å²) in [5.41, 5.74) is 4.26. The zero-order valence-electron chi connectivity index (χ0n) is 25.8. The molecule has 0 aromatic heterocycles. The molecule has 0 bridgehead atoms. The van der Waals surface area contributed by atoms with Crippen LogP contribution in [0.3, 0.4) is 0 Å². The molecule has 1 fully saturated rings. The van der Waals surface area contributed by atoms with Gasteiger partial charge in [0.15, 0.2) is 0 Å². The highest BCUT2D eigenvalue weighted by Gasteiger charge is 2.47. The molecule has 0 heterocycles. The smallest absolute Gasteiger partial charge is 0.245 e. The predicted molar refractivity (Wildman–Crippen MR) is 179 cm³/mol. The third-order valence-corrected chi connectivity index (χ3v) is 11.9. The van der Waals surface area contributed by atoms with E-state index in [2.05, 4.69) is 104 Å². The molecule has 5 atom stereocenters. The maximum absolute atomic E-state index is 16.3. The van der Waals surface area contributed by atoms with Crippen LogP contribution in [0.2, 0.25) is 0 Å². The van der Waals surface area contributed by atoms with Crippen molar-refractivity contribution in [2.24, 2.45) is 17.8 Å². The predicted octanol–water partition coefficient (Wildman–Crippen LogP) is 9.72. The second kappa shape index (κ2) is 15.1. The number of hydrogen-bond donors (Lipinski definition) is 2. The van der Waals surface area contributed by atoms with E-state index in [0.29, 0.717) is 30.8 Å². The SMILES string of the molecule is CC(C)[C@@H]1CC[C@@H](C)C[C@H]1OP(=O)([C@@H](NCc1ccccc1)c1ccccc1)[C@@H](NCc1ccccc1)c1ccccc1. The van der Waals surface area contributed by atoms with Crippen LogP contribution in [-0.2, 0) is 22.2 Å². The van der Waals surface area contributed by atoms with Crippen LogP contribution in [0.25, 0.3) is 0 Å². The van der Waals surface area contributed by atoms with Crippen LogP contribution in [0, 0.1) is 17.8 Å². The van der Waals surface area contributed by atoms with Crippen LogP contribution < -0.4 is 10.6 Å². The van der Waals surface area contributed by atoms with Crippen molar-refractivity contribution in [3.8, 4) is 0 Å². The minimum atomic E-state index is -3.55. The largest absolute Gasteiger partial charge is 0.322 e. The first-order valence-electron chi connectivity index (χ1n) is 15.9. The zero-order valence-corrected chi connectivity index (χ0v) is 26.7. The van der Waals surface area contributed by atoms with Gasteiger partial charge in [-0.3, -0.25) is 15.2 Å². The van der Waals surface area contributed by atoms with E-state index in [1.54, 1.807) is 0 Å². The summed E-state index contributed by atoms with van der Waals surface area (Å²) in [5, 5.41) is 7.52. The van der Waals surface area contributed by atoms with E-state index < -0.39 is 18.9 Å². The number of benzene rings is 4. The van der Waals surface area contributed by atoms with Crippen molar-refractivity contribution < 1.29 is 9.09 Å². The molecule has 1 aliphatic carbocycles. The molecule has 0 amide bonds. The van der Waals surface area contributed by atoms with E-state index >= 15 is 4.57 Å². The fourth-order valence-corrected chi connectivity index (χ4v) is 9.59. The normalized spacial score (nSPS) is 20.5. The highest BCUT2D eigenvalue weighted by Crippen LogP contribution is 2.69. The Hall–Kier alpha value is -3.01. The zero-order chi connectivity index (χ0) is 30.1. The van der Waals surface area contributed by atoms with Gasteiger partial charge in [0, 0.05) is 13.1 Å². The Kier molecular flexibility index (Phi) is 11.1. The Morgan fingerprint density at radius 2 is 1.09 bits per heavy atom. The van der Waals surface area contributed by atoms with E-state index in [-0.39, 0.29) is 6.10 Å². The molecule has 4 aromatic carbocycles. The molecule has 0 saturated heterocycles. The topological polar surface area (TPSA) is 50.4 Å². The fourth-order valence-electron chi connectivity index (χ4n) is 6.52. The van der Waals surface area contributed by atoms with Gasteiger partial charge in [0.2, 0.25) is 7.37 Å². The summed E-state index contributed by atoms with van der Waals surface area (Å²) in [6, 6.07) is 41.2. The molecule has 0 spiro atoms. The van der Waals surface area contributed by atoms with Crippen LogP contribution in [0.1, 0.15) is 73.9 Å². The number of nitrogens with one attached hydrogen (secondary N) is 2. The lowest BCUT2D eigenvalue weighted by Crippen LogP contribution is -2.37. The van der Waals surface area contributed by atoms with E-state index in [1.807, 2.05) is 48.5 Å². The Labute approximate surface area is 258 Å². The van der Waals surface area contributed by atoms with Gasteiger partial charge in [0.05, 0.1) is 6.10 Å². The van der Waals surface area contributed by atoms with Crippen molar-refractivity contribution in [3.05, 3.63) is 144 Å². The first kappa shape index (κ1) is 31.4. The summed E-state index contributed by atoms with van der Waals surface area (Å²) in [7, 11) is -3.55. The van der Waals surface area contributed by atoms with Crippen LogP contribution in [0.5, 0.6) is 0 Å². The average molecular weight is 595 g/mol. The van der Waals surface area contributed by atoms with Crippen molar-refractivity contribution in [2.45, 2.75) is 70.8 Å². The average Bonchev–Trinajstić information content (AvgIpc) is 3.03. The Bertz CT molecular complexity index is 1320. The Balaban J connectivity index is 1.62. The maximum Gasteiger partial charge on any atom is 0.245 e. The highest BCUT2D eigenvalue weighted by molar-refractivity contribution is 7.59. The number of hydrogen-bond acceptors (Lipinski definition) is 4. The molecule has 5 heteroatoms. The molecule has 226 valence electrons. The Morgan fingerprint density at radius 1 is 0.674 bits per heavy atom. The highest BCUT2D eigenvalue weighted by atomic mass is 31.2. The summed E-state index contributed by atoms with van der Waals surface area (Å²) < 4.78 is 23.5. The van der Waals surface area contributed by atoms with Gasteiger partial charge < -0.3 is 4.52 Å². The van der Waals surface area contributed by atoms with Gasteiger partial charge in [-0.25, -0.2) is 0 Å². The minimum absolute atomic E-state index is 0.0796. The van der Waals surface area contributed by atoms with Gasteiger partial charge in [-0.2, -0.15) is 0 Å². The van der Waals surface area contributed by atoms with Crippen LogP contribution in [0.4, 0.5) is 0 Å². The molecule has 0 aliphatic heterocycles. The molecule has 0 unspecified atom stereocenters. The van der Waals surface area contributed by atoms with Gasteiger partial charge in [-0.1, -0.05) is 149 Å². The summed E-state index contributed by atoms with van der Waals surface area (Å²) in [4.78, 5) is 0. The summed E-state index contributed by atoms with van der Waals surface area (Å²) in [5.74, 6) is 0.333. The van der Waals surface area contributed by atoms with Gasteiger partial charge in [0.1, 0.15) is 11.6 Å². The molecule has 0 radical (unpaired) electrons. The van der Waals surface area contributed by atoms with Crippen LogP contribution in [0.15, 0.2) is 121 Å². The summed E-state index contributed by atoms with van der Waals surface area (Å²) in [6.45, 7) is 8.05. The molecule has 4 nitrogen and oxygen atoms in total. The van der Waals surface area contributed by atoms with E-state index in [4.69, 9.17) is 4.52 Å². The standard InChI is InChI=1S/C38H47N2O2P/c1-29(2)35-25-24-30(3)26-36(35)42-43(41,37(33-20-12-6-13-21-33)39-27-31-16-8-4-9-17-31)38(34-22-14-7-15-23-34)40-28-32-18-10-5-11-19-32/h4-23,29-30,35-40H,24-28H2,1-3H3/t30-,35+,36-,37-,38-/m1/s1. The molecular weight excluding hydrogens is 547 g/mol. The van der Waals surface area contributed by atoms with Gasteiger partial charge in [-0.15, -0.1) is 0 Å². The molecule has 1 aliphatic rings. The second-order valence-corrected chi connectivity index (χ2v) is 15.0. The van der Waals surface area contributed by atoms with Crippen molar-refractivity contribution in [2.75, 3.05) is 0 Å². The molecule has 4 aromatic rings. The summed E-state index contributed by atoms with van der Waals surface area (Å²) in [6.07, 6.45) is 3.14. The van der Waals surface area contributed by atoms with Gasteiger partial charge >= 0.3 is 0 Å². The van der Waals surface area contributed by atoms with E-state index in [0.717, 1.165) is 35.1 Å². The van der Waals surface area contributed by atoms with Crippen LogP contribution in [-0.4, -0.2) is 6.10 Å². The molecule has 5 rings (SSSR count). The number of rotatable bonds is 13. The van der Waals surface area contributed by atoms with Crippen LogP contribution >= 0.6 is 7.37 Å². The molecule has 2 N–H and O–H groups in total. The van der Waals surface area contributed by atoms with Crippen molar-refractivity contribution in [1.29, 1.82) is 0 Å². The monoisotopic (exact) mass is 594 g/mol. The fraction of sp³-hybridized carbons (Fsp3) is 0.368. The molecule has 1 saturated carbocycles. The lowest BCUT2D eigenvalue weighted by Gasteiger charge is -2.43. The lowest BCUT2D eigenvalue weighted by molar-refractivity contribution is 0.0442. The Morgan fingerprint density at radius 3 is 1.51 bits per heavy atom. The van der Waals surface area contributed by atoms with Gasteiger partial charge in [-0.05, 0) is 52.8 Å². The molecule has 43 heavy (non-hydrogen) atoms. The third-order valence-electron chi connectivity index (χ3n) is 8.90. The van der Waals surface area contributed by atoms with Crippen molar-refractivity contribution >= 4 is 7.37 Å². The minimum Gasteiger partial charge on any atom is -0.322 e. The first-order chi connectivity index (χ1) is 20.9. The lowest BCUT2D eigenvalue weighted by atomic mass is 9.75. The quantitative estimate of drug-likeness (QED) is 0.151. The van der Waals surface area contributed by atoms with E-state index in [9.17, 15) is 0 Å². The molecular formula is C38H47N2O2P. The van der Waals surface area contributed by atoms with Crippen molar-refractivity contribution in [1.82, 2.24) is 10.6 Å². The first-order valence-corrected chi connectivity index (χ1v) is 17.6. The van der Waals surface area contributed by atoms with E-state index in [1.165, 1.54) is 6.42 Å². The van der Waals surface area contributed by atoms with Gasteiger partial charge in [0.25, 0.3) is 0 Å². The van der Waals surface area contributed by atoms with Crippen molar-refractivity contribution in [3.63, 3.8) is 0 Å².